The van der Waals surface area contributed by atoms with Crippen molar-refractivity contribution in [2.45, 2.75) is 45.8 Å². The van der Waals surface area contributed by atoms with Crippen molar-refractivity contribution in [2.24, 2.45) is 7.05 Å². The number of carbonyl (C=O) groups is 2. The van der Waals surface area contributed by atoms with Crippen LogP contribution in [0.1, 0.15) is 44.5 Å². The maximum atomic E-state index is 13.2. The van der Waals surface area contributed by atoms with Crippen LogP contribution in [0.2, 0.25) is 0 Å². The molecule has 3 heterocycles. The molecule has 2 aromatic heterocycles. The Balaban J connectivity index is 1.50. The second-order valence-corrected chi connectivity index (χ2v) is 10.2. The molecule has 0 saturated carbocycles. The van der Waals surface area contributed by atoms with Crippen LogP contribution in [0.4, 0.5) is 16.4 Å². The third kappa shape index (κ3) is 5.90. The van der Waals surface area contributed by atoms with Gasteiger partial charge in [-0.05, 0) is 40.2 Å². The molecule has 1 aliphatic rings. The van der Waals surface area contributed by atoms with Crippen LogP contribution in [0.25, 0.3) is 10.9 Å². The van der Waals surface area contributed by atoms with Gasteiger partial charge in [-0.3, -0.25) is 9.48 Å². The minimum Gasteiger partial charge on any atom is -0.494 e. The Hall–Kier alpha value is -4.09. The number of rotatable bonds is 7. The second-order valence-electron chi connectivity index (χ2n) is 10.2. The van der Waals surface area contributed by atoms with Crippen LogP contribution in [-0.2, 0) is 11.8 Å². The molecule has 0 unspecified atom stereocenters. The number of aryl methyl sites for hydroxylation is 1. The van der Waals surface area contributed by atoms with E-state index in [0.29, 0.717) is 42.6 Å². The van der Waals surface area contributed by atoms with E-state index in [1.165, 1.54) is 6.20 Å². The molecule has 0 bridgehead atoms. The summed E-state index contributed by atoms with van der Waals surface area (Å²) >= 11 is 0. The smallest absolute Gasteiger partial charge is 0.410 e. The normalized spacial score (nSPS) is 15.4. The molecule has 1 saturated heterocycles. The quantitative estimate of drug-likeness (QED) is 0.494. The van der Waals surface area contributed by atoms with Crippen LogP contribution in [-0.4, -0.2) is 82.1 Å². The molecule has 12 heteroatoms. The third-order valence-electron chi connectivity index (χ3n) is 6.11. The number of benzene rings is 1. The number of methoxy groups -OCH3 is 1. The third-order valence-corrected chi connectivity index (χ3v) is 6.11. The number of anilines is 2. The molecule has 1 fully saturated rings. The summed E-state index contributed by atoms with van der Waals surface area (Å²) in [6.45, 7) is 8.87. The molecule has 1 aromatic carbocycles. The molecule has 0 aliphatic carbocycles. The number of nitrogens with zero attached hydrogens (tertiary/aromatic N) is 6. The molecule has 38 heavy (non-hydrogen) atoms. The van der Waals surface area contributed by atoms with Crippen molar-refractivity contribution < 1.29 is 23.8 Å². The number of carbonyl (C=O) groups excluding carboxylic acids is 2. The summed E-state index contributed by atoms with van der Waals surface area (Å²) in [7, 11) is 5.12. The average Bonchev–Trinajstić information content (AvgIpc) is 3.48. The average molecular weight is 526 g/mol. The van der Waals surface area contributed by atoms with Crippen molar-refractivity contribution in [1.82, 2.24) is 24.6 Å². The molecule has 4 rings (SSSR count). The first-order valence-electron chi connectivity index (χ1n) is 12.5. The highest BCUT2D eigenvalue weighted by Gasteiger charge is 2.32. The standard InChI is InChI=1S/C26H35N7O5/c1-8-37-23-19(22(34)28-17-11-16-14-31(5)30-21(16)20(12-17)36-7)13-27-24(29-23)33-10-9-18(15-33)32(6)25(35)38-26(2,3)4/h11-14,18H,8-10,15H2,1-7H3,(H,28,34)/t18-/m1/s1. The van der Waals surface area contributed by atoms with Crippen LogP contribution >= 0.6 is 0 Å². The van der Waals surface area contributed by atoms with Crippen LogP contribution < -0.4 is 19.7 Å². The maximum absolute atomic E-state index is 13.2. The molecule has 0 radical (unpaired) electrons. The first-order valence-corrected chi connectivity index (χ1v) is 12.5. The Kier molecular flexibility index (Phi) is 7.61. The molecule has 1 N–H and O–H groups in total. The van der Waals surface area contributed by atoms with Crippen molar-refractivity contribution in [2.75, 3.05) is 44.1 Å². The fraction of sp³-hybridized carbons (Fsp3) is 0.500. The lowest BCUT2D eigenvalue weighted by Crippen LogP contribution is -2.42. The van der Waals surface area contributed by atoms with Gasteiger partial charge in [0.05, 0.1) is 19.8 Å². The minimum atomic E-state index is -0.565. The largest absolute Gasteiger partial charge is 0.494 e. The van der Waals surface area contributed by atoms with Crippen LogP contribution in [0.5, 0.6) is 11.6 Å². The van der Waals surface area contributed by atoms with Gasteiger partial charge in [0.15, 0.2) is 0 Å². The van der Waals surface area contributed by atoms with Gasteiger partial charge >= 0.3 is 6.09 Å². The molecule has 2 amide bonds. The van der Waals surface area contributed by atoms with Gasteiger partial charge < -0.3 is 29.3 Å². The van der Waals surface area contributed by atoms with Crippen molar-refractivity contribution in [3.63, 3.8) is 0 Å². The number of ether oxygens (including phenoxy) is 3. The highest BCUT2D eigenvalue weighted by Crippen LogP contribution is 2.30. The van der Waals surface area contributed by atoms with Gasteiger partial charge in [0.25, 0.3) is 5.91 Å². The van der Waals surface area contributed by atoms with E-state index in [-0.39, 0.29) is 23.6 Å². The monoisotopic (exact) mass is 525 g/mol. The zero-order valence-corrected chi connectivity index (χ0v) is 22.9. The van der Waals surface area contributed by atoms with Gasteiger partial charge in [-0.2, -0.15) is 10.1 Å². The number of hydrogen-bond donors (Lipinski definition) is 1. The Bertz CT molecular complexity index is 1330. The Morgan fingerprint density at radius 2 is 2.03 bits per heavy atom. The van der Waals surface area contributed by atoms with Gasteiger partial charge in [0.1, 0.15) is 22.4 Å². The van der Waals surface area contributed by atoms with Gasteiger partial charge in [0, 0.05) is 56.7 Å². The van der Waals surface area contributed by atoms with Crippen LogP contribution in [0.15, 0.2) is 24.5 Å². The summed E-state index contributed by atoms with van der Waals surface area (Å²) in [4.78, 5) is 38.3. The molecule has 0 spiro atoms. The first kappa shape index (κ1) is 27.0. The predicted octanol–water partition coefficient (Wildman–Crippen LogP) is 3.47. The topological polar surface area (TPSA) is 124 Å². The Morgan fingerprint density at radius 1 is 1.26 bits per heavy atom. The van der Waals surface area contributed by atoms with E-state index in [9.17, 15) is 9.59 Å². The van der Waals surface area contributed by atoms with E-state index in [0.717, 1.165) is 11.8 Å². The van der Waals surface area contributed by atoms with Crippen LogP contribution in [0, 0.1) is 0 Å². The lowest BCUT2D eigenvalue weighted by Gasteiger charge is -2.28. The number of nitrogens with one attached hydrogen (secondary N) is 1. The molecule has 1 atom stereocenters. The number of likely N-dealkylation sites (N-methyl/N-ethyl adjacent to an activating group) is 1. The van der Waals surface area contributed by atoms with E-state index < -0.39 is 11.5 Å². The molecule has 1 aliphatic heterocycles. The SMILES string of the molecule is CCOc1nc(N2CC[C@@H](N(C)C(=O)OC(C)(C)C)C2)ncc1C(=O)Nc1cc(OC)c2nn(C)cc2c1. The lowest BCUT2D eigenvalue weighted by molar-refractivity contribution is 0.0237. The molecule has 12 nitrogen and oxygen atoms in total. The van der Waals surface area contributed by atoms with Gasteiger partial charge in [-0.25, -0.2) is 9.78 Å². The number of hydrogen-bond acceptors (Lipinski definition) is 9. The van der Waals surface area contributed by atoms with Gasteiger partial charge in [-0.1, -0.05) is 0 Å². The second kappa shape index (κ2) is 10.7. The van der Waals surface area contributed by atoms with E-state index in [2.05, 4.69) is 20.4 Å². The van der Waals surface area contributed by atoms with Crippen molar-refractivity contribution in [3.8, 4) is 11.6 Å². The number of fused-ring (bicyclic) bond motifs is 1. The summed E-state index contributed by atoms with van der Waals surface area (Å²) < 4.78 is 18.4. The first-order chi connectivity index (χ1) is 18.0. The predicted molar refractivity (Wildman–Crippen MR) is 143 cm³/mol. The highest BCUT2D eigenvalue weighted by molar-refractivity contribution is 6.06. The number of amides is 2. The summed E-state index contributed by atoms with van der Waals surface area (Å²) in [5.74, 6) is 0.765. The summed E-state index contributed by atoms with van der Waals surface area (Å²) in [5, 5.41) is 8.11. The fourth-order valence-corrected chi connectivity index (χ4v) is 4.28. The van der Waals surface area contributed by atoms with Crippen molar-refractivity contribution in [3.05, 3.63) is 30.1 Å². The Labute approximate surface area is 221 Å². The number of aromatic nitrogens is 4. The van der Waals surface area contributed by atoms with E-state index in [1.807, 2.05) is 51.9 Å². The van der Waals surface area contributed by atoms with Crippen molar-refractivity contribution in [1.29, 1.82) is 0 Å². The van der Waals surface area contributed by atoms with E-state index in [4.69, 9.17) is 14.2 Å². The minimum absolute atomic E-state index is 0.0515. The summed E-state index contributed by atoms with van der Waals surface area (Å²) in [6.07, 6.45) is 3.69. The van der Waals surface area contributed by atoms with E-state index >= 15 is 0 Å². The maximum Gasteiger partial charge on any atom is 0.410 e. The van der Waals surface area contributed by atoms with Crippen LogP contribution in [0.3, 0.4) is 0 Å². The highest BCUT2D eigenvalue weighted by atomic mass is 16.6. The molecule has 204 valence electrons. The molecular formula is C26H35N7O5. The van der Waals surface area contributed by atoms with Crippen molar-refractivity contribution >= 4 is 34.5 Å². The lowest BCUT2D eigenvalue weighted by atomic mass is 10.2. The van der Waals surface area contributed by atoms with Gasteiger partial charge in [0.2, 0.25) is 11.8 Å². The molecule has 3 aromatic rings. The summed E-state index contributed by atoms with van der Waals surface area (Å²) in [6, 6.07) is 3.49. The van der Waals surface area contributed by atoms with Gasteiger partial charge in [-0.15, -0.1) is 0 Å². The zero-order chi connectivity index (χ0) is 27.6. The Morgan fingerprint density at radius 3 is 2.71 bits per heavy atom. The molecular weight excluding hydrogens is 490 g/mol. The van der Waals surface area contributed by atoms with E-state index in [1.54, 1.807) is 29.8 Å². The summed E-state index contributed by atoms with van der Waals surface area (Å²) in [5.41, 5.74) is 0.899. The fourth-order valence-electron chi connectivity index (χ4n) is 4.28. The zero-order valence-electron chi connectivity index (χ0n) is 22.9.